The first kappa shape index (κ1) is 14.9. The van der Waals surface area contributed by atoms with Gasteiger partial charge >= 0.3 is 0 Å². The predicted molar refractivity (Wildman–Crippen MR) is 94.2 cm³/mol. The minimum atomic E-state index is -0.352. The van der Waals surface area contributed by atoms with Gasteiger partial charge < -0.3 is 14.6 Å². The number of ether oxygens (including phenoxy) is 2. The molecular weight excluding hydrogens is 314 g/mol. The van der Waals surface area contributed by atoms with Crippen LogP contribution in [0.4, 0.5) is 0 Å². The number of piperidine rings is 1. The summed E-state index contributed by atoms with van der Waals surface area (Å²) in [5, 5.41) is 10.8. The minimum absolute atomic E-state index is 0.0137. The van der Waals surface area contributed by atoms with Crippen molar-refractivity contribution in [1.82, 2.24) is 4.90 Å². The number of hydrogen-bond acceptors (Lipinski definition) is 4. The van der Waals surface area contributed by atoms with E-state index in [1.54, 1.807) is 7.11 Å². The molecule has 6 rings (SSSR count). The van der Waals surface area contributed by atoms with E-state index in [2.05, 4.69) is 17.0 Å². The SMILES string of the molecule is COc1ccc2c3c1O[C@@H]1[C@@H](O)CC[C@@H]4[C@H](C2)N(CC2CC2)CCC341. The lowest BCUT2D eigenvalue weighted by molar-refractivity contribution is -0.105. The van der Waals surface area contributed by atoms with Crippen LogP contribution in [0.2, 0.25) is 0 Å². The summed E-state index contributed by atoms with van der Waals surface area (Å²) in [4.78, 5) is 2.79. The largest absolute Gasteiger partial charge is 0.493 e. The average Bonchev–Trinajstić information content (AvgIpc) is 3.36. The Labute approximate surface area is 149 Å². The van der Waals surface area contributed by atoms with Gasteiger partial charge in [-0.2, -0.15) is 0 Å². The molecule has 2 aliphatic heterocycles. The molecule has 1 spiro atoms. The van der Waals surface area contributed by atoms with E-state index < -0.39 is 0 Å². The second-order valence-electron chi connectivity index (χ2n) is 8.92. The van der Waals surface area contributed by atoms with Gasteiger partial charge in [0.1, 0.15) is 6.10 Å². The van der Waals surface area contributed by atoms with Crippen molar-refractivity contribution in [2.75, 3.05) is 20.2 Å². The highest BCUT2D eigenvalue weighted by atomic mass is 16.5. The van der Waals surface area contributed by atoms with Crippen LogP contribution in [0, 0.1) is 11.8 Å². The summed E-state index contributed by atoms with van der Waals surface area (Å²) < 4.78 is 12.1. The Morgan fingerprint density at radius 1 is 1.28 bits per heavy atom. The van der Waals surface area contributed by atoms with Crippen molar-refractivity contribution < 1.29 is 14.6 Å². The minimum Gasteiger partial charge on any atom is -0.493 e. The molecule has 0 aromatic heterocycles. The topological polar surface area (TPSA) is 41.9 Å². The van der Waals surface area contributed by atoms with Crippen LogP contribution >= 0.6 is 0 Å². The van der Waals surface area contributed by atoms with Gasteiger partial charge in [-0.1, -0.05) is 6.07 Å². The molecule has 1 saturated heterocycles. The van der Waals surface area contributed by atoms with E-state index >= 15 is 0 Å². The van der Waals surface area contributed by atoms with Crippen LogP contribution < -0.4 is 9.47 Å². The van der Waals surface area contributed by atoms with E-state index in [-0.39, 0.29) is 17.6 Å². The first-order valence-corrected chi connectivity index (χ1v) is 10.0. The van der Waals surface area contributed by atoms with Gasteiger partial charge in [-0.3, -0.25) is 4.90 Å². The number of nitrogens with zero attached hydrogens (tertiary/aromatic N) is 1. The average molecular weight is 341 g/mol. The van der Waals surface area contributed by atoms with Gasteiger partial charge in [0.25, 0.3) is 0 Å². The number of rotatable bonds is 3. The van der Waals surface area contributed by atoms with Crippen LogP contribution in [-0.2, 0) is 11.8 Å². The van der Waals surface area contributed by atoms with Crippen molar-refractivity contribution >= 4 is 0 Å². The Morgan fingerprint density at radius 3 is 2.96 bits per heavy atom. The summed E-state index contributed by atoms with van der Waals surface area (Å²) in [6, 6.07) is 4.95. The Balaban J connectivity index is 1.52. The first-order chi connectivity index (χ1) is 12.2. The normalized spacial score (nSPS) is 41.2. The summed E-state index contributed by atoms with van der Waals surface area (Å²) >= 11 is 0. The molecule has 5 aliphatic rings. The van der Waals surface area contributed by atoms with E-state index in [0.29, 0.717) is 12.0 Å². The van der Waals surface area contributed by atoms with Crippen molar-refractivity contribution in [3.05, 3.63) is 23.3 Å². The van der Waals surface area contributed by atoms with Crippen LogP contribution in [0.1, 0.15) is 43.2 Å². The number of aliphatic hydroxyl groups is 1. The Morgan fingerprint density at radius 2 is 2.16 bits per heavy atom. The summed E-state index contributed by atoms with van der Waals surface area (Å²) in [5.41, 5.74) is 2.84. The van der Waals surface area contributed by atoms with Gasteiger partial charge in [0.05, 0.1) is 13.2 Å². The van der Waals surface area contributed by atoms with Crippen molar-refractivity contribution in [1.29, 1.82) is 0 Å². The fraction of sp³-hybridized carbons (Fsp3) is 0.714. The zero-order valence-corrected chi connectivity index (χ0v) is 14.9. The third-order valence-electron chi connectivity index (χ3n) is 7.80. The maximum Gasteiger partial charge on any atom is 0.165 e. The third-order valence-corrected chi connectivity index (χ3v) is 7.80. The lowest BCUT2D eigenvalue weighted by atomic mass is 9.51. The van der Waals surface area contributed by atoms with E-state index in [1.807, 2.05) is 0 Å². The quantitative estimate of drug-likeness (QED) is 0.917. The zero-order valence-electron chi connectivity index (χ0n) is 14.9. The van der Waals surface area contributed by atoms with Crippen molar-refractivity contribution in [2.45, 2.75) is 62.2 Å². The zero-order chi connectivity index (χ0) is 16.8. The molecule has 3 fully saturated rings. The summed E-state index contributed by atoms with van der Waals surface area (Å²) in [6.07, 6.45) is 6.66. The number of likely N-dealkylation sites (tertiary alicyclic amines) is 1. The Kier molecular flexibility index (Phi) is 2.92. The molecule has 1 unspecified atom stereocenters. The number of benzene rings is 1. The highest BCUT2D eigenvalue weighted by Crippen LogP contribution is 2.64. The molecule has 134 valence electrons. The molecule has 2 bridgehead atoms. The molecule has 2 heterocycles. The fourth-order valence-electron chi connectivity index (χ4n) is 6.61. The monoisotopic (exact) mass is 341 g/mol. The summed E-state index contributed by atoms with van der Waals surface area (Å²) in [7, 11) is 1.72. The molecule has 0 amide bonds. The van der Waals surface area contributed by atoms with Gasteiger partial charge in [-0.15, -0.1) is 0 Å². The molecule has 4 heteroatoms. The fourth-order valence-corrected chi connectivity index (χ4v) is 6.61. The van der Waals surface area contributed by atoms with Crippen LogP contribution in [-0.4, -0.2) is 48.5 Å². The van der Waals surface area contributed by atoms with E-state index in [1.165, 1.54) is 30.5 Å². The first-order valence-electron chi connectivity index (χ1n) is 10.0. The van der Waals surface area contributed by atoms with E-state index in [4.69, 9.17) is 9.47 Å². The van der Waals surface area contributed by atoms with Gasteiger partial charge in [-0.25, -0.2) is 0 Å². The van der Waals surface area contributed by atoms with Crippen molar-refractivity contribution in [3.8, 4) is 11.5 Å². The molecule has 5 atom stereocenters. The maximum atomic E-state index is 10.8. The molecule has 1 aromatic carbocycles. The van der Waals surface area contributed by atoms with Crippen LogP contribution in [0.5, 0.6) is 11.5 Å². The highest BCUT2D eigenvalue weighted by Gasteiger charge is 2.65. The number of aliphatic hydroxyl groups excluding tert-OH is 1. The van der Waals surface area contributed by atoms with Crippen LogP contribution in [0.3, 0.4) is 0 Å². The van der Waals surface area contributed by atoms with Crippen molar-refractivity contribution in [3.63, 3.8) is 0 Å². The lowest BCUT2D eigenvalue weighted by Gasteiger charge is -2.59. The molecule has 4 nitrogen and oxygen atoms in total. The van der Waals surface area contributed by atoms with Crippen LogP contribution in [0.15, 0.2) is 12.1 Å². The molecule has 0 radical (unpaired) electrons. The van der Waals surface area contributed by atoms with Gasteiger partial charge in [0.2, 0.25) is 0 Å². The Bertz CT molecular complexity index is 730. The molecule has 25 heavy (non-hydrogen) atoms. The Hall–Kier alpha value is -1.26. The third kappa shape index (κ3) is 1.80. The standard InChI is InChI=1S/C21H27NO3/c1-24-17-7-4-13-10-15-14-5-6-16(23)20-21(14,18(13)19(17)25-20)8-9-22(15)11-12-2-3-12/h4,7,12,14-16,20,23H,2-3,5-6,8-11H2,1H3/t14-,15+,16+,20-,21?/m1/s1. The number of hydrogen-bond donors (Lipinski definition) is 1. The van der Waals surface area contributed by atoms with Gasteiger partial charge in [0, 0.05) is 23.6 Å². The molecule has 1 N–H and O–H groups in total. The van der Waals surface area contributed by atoms with Gasteiger partial charge in [-0.05, 0) is 68.5 Å². The van der Waals surface area contributed by atoms with Gasteiger partial charge in [0.15, 0.2) is 11.5 Å². The molecule has 2 saturated carbocycles. The predicted octanol–water partition coefficient (Wildman–Crippen LogP) is 2.51. The molecule has 3 aliphatic carbocycles. The highest BCUT2D eigenvalue weighted by molar-refractivity contribution is 5.61. The summed E-state index contributed by atoms with van der Waals surface area (Å²) in [6.45, 7) is 2.43. The molecular formula is C21H27NO3. The van der Waals surface area contributed by atoms with Crippen LogP contribution in [0.25, 0.3) is 0 Å². The lowest BCUT2D eigenvalue weighted by Crippen LogP contribution is -2.67. The van der Waals surface area contributed by atoms with E-state index in [0.717, 1.165) is 49.6 Å². The van der Waals surface area contributed by atoms with E-state index in [9.17, 15) is 5.11 Å². The number of methoxy groups -OCH3 is 1. The van der Waals surface area contributed by atoms with Crippen molar-refractivity contribution in [2.24, 2.45) is 11.8 Å². The molecule has 1 aromatic rings. The summed E-state index contributed by atoms with van der Waals surface area (Å²) in [5.74, 6) is 3.33. The maximum absolute atomic E-state index is 10.8. The smallest absolute Gasteiger partial charge is 0.165 e. The second-order valence-corrected chi connectivity index (χ2v) is 8.92. The second kappa shape index (κ2) is 4.92.